The van der Waals surface area contributed by atoms with E-state index in [9.17, 15) is 5.11 Å². The number of hydrogen-bond donors (Lipinski definition) is 0. The number of nitrogens with zero attached hydrogens (tertiary/aromatic N) is 1. The molecule has 1 unspecified atom stereocenters. The molecule has 15 heavy (non-hydrogen) atoms. The monoisotopic (exact) mass is 206 g/mol. The van der Waals surface area contributed by atoms with Crippen molar-refractivity contribution < 1.29 is 9.84 Å². The van der Waals surface area contributed by atoms with Gasteiger partial charge < -0.3 is 4.74 Å². The largest absolute Gasteiger partial charge is 0.373 e. The highest BCUT2D eigenvalue weighted by Crippen LogP contribution is 2.09. The van der Waals surface area contributed by atoms with Crippen LogP contribution in [0, 0.1) is 0 Å². The molecule has 0 aliphatic carbocycles. The van der Waals surface area contributed by atoms with Crippen molar-refractivity contribution >= 4 is 0 Å². The third-order valence-electron chi connectivity index (χ3n) is 2.66. The van der Waals surface area contributed by atoms with Gasteiger partial charge in [-0.05, 0) is 5.56 Å². The van der Waals surface area contributed by atoms with Crippen LogP contribution in [0.5, 0.6) is 0 Å². The van der Waals surface area contributed by atoms with Gasteiger partial charge in [0, 0.05) is 19.6 Å². The third-order valence-corrected chi connectivity index (χ3v) is 2.66. The van der Waals surface area contributed by atoms with Gasteiger partial charge in [-0.15, -0.1) is 0 Å². The predicted octanol–water partition coefficient (Wildman–Crippen LogP) is 1.32. The molecule has 0 saturated carbocycles. The summed E-state index contributed by atoms with van der Waals surface area (Å²) >= 11 is 0. The summed E-state index contributed by atoms with van der Waals surface area (Å²) in [6.07, 6.45) is -0.123. The van der Waals surface area contributed by atoms with Gasteiger partial charge in [0.05, 0.1) is 12.7 Å². The van der Waals surface area contributed by atoms with Gasteiger partial charge >= 0.3 is 0 Å². The smallest absolute Gasteiger partial charge is 0.110 e. The second-order valence-electron chi connectivity index (χ2n) is 3.88. The van der Waals surface area contributed by atoms with Crippen molar-refractivity contribution in [2.24, 2.45) is 0 Å². The van der Waals surface area contributed by atoms with Gasteiger partial charge in [-0.2, -0.15) is 0 Å². The number of morpholine rings is 1. The molecule has 1 heterocycles. The summed E-state index contributed by atoms with van der Waals surface area (Å²) in [7, 11) is 0. The number of ether oxygens (including phenoxy) is 1. The molecule has 1 radical (unpaired) electrons. The zero-order chi connectivity index (χ0) is 10.5. The fourth-order valence-electron chi connectivity index (χ4n) is 1.87. The molecule has 1 saturated heterocycles. The van der Waals surface area contributed by atoms with E-state index < -0.39 is 0 Å². The van der Waals surface area contributed by atoms with Crippen LogP contribution in [-0.4, -0.2) is 37.3 Å². The van der Waals surface area contributed by atoms with Crippen molar-refractivity contribution in [3.63, 3.8) is 0 Å². The first-order valence-electron chi connectivity index (χ1n) is 5.34. The van der Waals surface area contributed by atoms with E-state index in [4.69, 9.17) is 4.74 Å². The lowest BCUT2D eigenvalue weighted by Gasteiger charge is -2.31. The Kier molecular flexibility index (Phi) is 3.72. The zero-order valence-electron chi connectivity index (χ0n) is 8.76. The molecule has 2 rings (SSSR count). The van der Waals surface area contributed by atoms with E-state index in [0.29, 0.717) is 6.61 Å². The predicted molar refractivity (Wildman–Crippen MR) is 57.0 cm³/mol. The Morgan fingerprint density at radius 3 is 2.87 bits per heavy atom. The topological polar surface area (TPSA) is 32.4 Å². The van der Waals surface area contributed by atoms with Gasteiger partial charge in [0.25, 0.3) is 0 Å². The summed E-state index contributed by atoms with van der Waals surface area (Å²) in [6, 6.07) is 10.3. The quantitative estimate of drug-likeness (QED) is 0.747. The summed E-state index contributed by atoms with van der Waals surface area (Å²) < 4.78 is 5.34. The van der Waals surface area contributed by atoms with E-state index in [0.717, 1.165) is 19.6 Å². The summed E-state index contributed by atoms with van der Waals surface area (Å²) in [5.74, 6) is 0. The Morgan fingerprint density at radius 1 is 1.33 bits per heavy atom. The molecule has 1 fully saturated rings. The molecule has 1 aromatic rings. The van der Waals surface area contributed by atoms with Crippen molar-refractivity contribution in [1.29, 1.82) is 0 Å². The van der Waals surface area contributed by atoms with Crippen LogP contribution in [0.15, 0.2) is 30.3 Å². The number of rotatable bonds is 3. The van der Waals surface area contributed by atoms with Crippen molar-refractivity contribution in [3.8, 4) is 0 Å². The van der Waals surface area contributed by atoms with E-state index in [-0.39, 0.29) is 12.7 Å². The van der Waals surface area contributed by atoms with Crippen LogP contribution in [0.2, 0.25) is 0 Å². The maximum absolute atomic E-state index is 10.7. The van der Waals surface area contributed by atoms with Crippen LogP contribution in [0.1, 0.15) is 5.56 Å². The molecule has 1 atom stereocenters. The molecule has 3 heteroatoms. The number of hydrogen-bond acceptors (Lipinski definition) is 2. The van der Waals surface area contributed by atoms with E-state index in [2.05, 4.69) is 17.0 Å². The van der Waals surface area contributed by atoms with Gasteiger partial charge in [0.15, 0.2) is 0 Å². The van der Waals surface area contributed by atoms with E-state index in [1.54, 1.807) is 0 Å². The summed E-state index contributed by atoms with van der Waals surface area (Å²) in [6.45, 7) is 3.15. The Balaban J connectivity index is 1.89. The molecule has 81 valence electrons. The first-order chi connectivity index (χ1) is 7.38. The van der Waals surface area contributed by atoms with Gasteiger partial charge in [-0.3, -0.25) is 4.90 Å². The normalized spacial score (nSPS) is 22.9. The van der Waals surface area contributed by atoms with Gasteiger partial charge in [-0.1, -0.05) is 30.3 Å². The first-order valence-corrected chi connectivity index (χ1v) is 5.34. The summed E-state index contributed by atoms with van der Waals surface area (Å²) in [5, 5.41) is 10.7. The average Bonchev–Trinajstić information content (AvgIpc) is 2.31. The van der Waals surface area contributed by atoms with Crippen molar-refractivity contribution in [1.82, 2.24) is 4.90 Å². The molecule has 1 aliphatic rings. The Labute approximate surface area is 90.3 Å². The molecular weight excluding hydrogens is 190 g/mol. The number of benzene rings is 1. The average molecular weight is 206 g/mol. The standard InChI is InChI=1S/C12H16NO2/c14-10-12-9-13(6-7-15-12)8-11-4-2-1-3-5-11/h1-5,12H,6-10H2. The minimum absolute atomic E-state index is 0.123. The molecule has 0 bridgehead atoms. The van der Waals surface area contributed by atoms with E-state index >= 15 is 0 Å². The third kappa shape index (κ3) is 3.02. The molecule has 0 amide bonds. The van der Waals surface area contributed by atoms with E-state index in [1.807, 2.05) is 18.2 Å². The molecule has 0 spiro atoms. The minimum Gasteiger partial charge on any atom is -0.373 e. The first kappa shape index (κ1) is 10.6. The lowest BCUT2D eigenvalue weighted by atomic mass is 10.2. The van der Waals surface area contributed by atoms with Gasteiger partial charge in [0.1, 0.15) is 6.61 Å². The van der Waals surface area contributed by atoms with Crippen LogP contribution in [0.4, 0.5) is 0 Å². The molecular formula is C12H16NO2. The van der Waals surface area contributed by atoms with Crippen LogP contribution >= 0.6 is 0 Å². The molecule has 3 nitrogen and oxygen atoms in total. The summed E-state index contributed by atoms with van der Waals surface area (Å²) in [4.78, 5) is 2.28. The molecule has 1 aliphatic heterocycles. The second kappa shape index (κ2) is 5.26. The summed E-state index contributed by atoms with van der Waals surface area (Å²) in [5.41, 5.74) is 1.30. The van der Waals surface area contributed by atoms with Crippen LogP contribution < -0.4 is 0 Å². The molecule has 0 N–H and O–H groups in total. The Hall–Kier alpha value is -0.900. The highest BCUT2D eigenvalue weighted by molar-refractivity contribution is 5.14. The van der Waals surface area contributed by atoms with E-state index in [1.165, 1.54) is 5.56 Å². The van der Waals surface area contributed by atoms with Crippen molar-refractivity contribution in [2.45, 2.75) is 12.6 Å². The Morgan fingerprint density at radius 2 is 2.13 bits per heavy atom. The van der Waals surface area contributed by atoms with Crippen LogP contribution in [-0.2, 0) is 16.4 Å². The fourth-order valence-corrected chi connectivity index (χ4v) is 1.87. The lowest BCUT2D eigenvalue weighted by molar-refractivity contribution is -0.0680. The van der Waals surface area contributed by atoms with Crippen molar-refractivity contribution in [2.75, 3.05) is 26.3 Å². The minimum atomic E-state index is -0.134. The van der Waals surface area contributed by atoms with Crippen LogP contribution in [0.25, 0.3) is 0 Å². The molecule has 0 aromatic heterocycles. The van der Waals surface area contributed by atoms with Gasteiger partial charge in [0.2, 0.25) is 0 Å². The van der Waals surface area contributed by atoms with Crippen molar-refractivity contribution in [3.05, 3.63) is 35.9 Å². The fraction of sp³-hybridized carbons (Fsp3) is 0.500. The second-order valence-corrected chi connectivity index (χ2v) is 3.88. The van der Waals surface area contributed by atoms with Crippen LogP contribution in [0.3, 0.4) is 0 Å². The maximum atomic E-state index is 10.7. The zero-order valence-corrected chi connectivity index (χ0v) is 8.76. The SMILES string of the molecule is [O]CC1CN(Cc2ccccc2)CCO1. The molecule has 1 aromatic carbocycles. The highest BCUT2D eigenvalue weighted by atomic mass is 16.5. The highest BCUT2D eigenvalue weighted by Gasteiger charge is 2.19. The van der Waals surface area contributed by atoms with Gasteiger partial charge in [-0.25, -0.2) is 5.11 Å². The Bertz CT molecular complexity index is 289. The lowest BCUT2D eigenvalue weighted by Crippen LogP contribution is -2.43. The maximum Gasteiger partial charge on any atom is 0.110 e.